The minimum Gasteiger partial charge on any atom is -0.496 e. The topological polar surface area (TPSA) is 75.9 Å². The second-order valence-electron chi connectivity index (χ2n) is 6.45. The quantitative estimate of drug-likeness (QED) is 0.578. The van der Waals surface area contributed by atoms with Crippen LogP contribution in [-0.4, -0.2) is 49.0 Å². The van der Waals surface area contributed by atoms with E-state index < -0.39 is 4.92 Å². The molecule has 0 N–H and O–H groups in total. The smallest absolute Gasteiger partial charge is 0.269 e. The zero-order chi connectivity index (χ0) is 19.2. The molecule has 7 heteroatoms. The number of carbonyl (C=O) groups is 1. The van der Waals surface area contributed by atoms with Crippen molar-refractivity contribution in [1.29, 1.82) is 0 Å². The van der Waals surface area contributed by atoms with Gasteiger partial charge in [0.2, 0.25) is 5.91 Å². The summed E-state index contributed by atoms with van der Waals surface area (Å²) in [7, 11) is 1.64. The third-order valence-corrected chi connectivity index (χ3v) is 4.86. The monoisotopic (exact) mass is 369 g/mol. The Morgan fingerprint density at radius 1 is 1.07 bits per heavy atom. The number of non-ortho nitro benzene ring substituents is 1. The molecular formula is C20H23N3O4. The van der Waals surface area contributed by atoms with Crippen LogP contribution >= 0.6 is 0 Å². The van der Waals surface area contributed by atoms with E-state index >= 15 is 0 Å². The Labute approximate surface area is 158 Å². The van der Waals surface area contributed by atoms with E-state index in [-0.39, 0.29) is 11.6 Å². The largest absolute Gasteiger partial charge is 0.496 e. The van der Waals surface area contributed by atoms with Gasteiger partial charge >= 0.3 is 0 Å². The maximum absolute atomic E-state index is 12.5. The molecule has 1 heterocycles. The van der Waals surface area contributed by atoms with Crippen LogP contribution in [0, 0.1) is 10.1 Å². The highest BCUT2D eigenvalue weighted by Gasteiger charge is 2.21. The van der Waals surface area contributed by atoms with Crippen LogP contribution in [0.5, 0.6) is 5.75 Å². The van der Waals surface area contributed by atoms with Gasteiger partial charge in [-0.15, -0.1) is 0 Å². The van der Waals surface area contributed by atoms with E-state index in [1.165, 1.54) is 12.1 Å². The molecule has 142 valence electrons. The number of para-hydroxylation sites is 1. The summed E-state index contributed by atoms with van der Waals surface area (Å²) in [5, 5.41) is 10.8. The summed E-state index contributed by atoms with van der Waals surface area (Å²) in [6.45, 7) is 2.75. The summed E-state index contributed by atoms with van der Waals surface area (Å²) in [5.74, 6) is 0.956. The van der Waals surface area contributed by atoms with Gasteiger partial charge in [-0.1, -0.05) is 18.2 Å². The molecule has 0 atom stereocenters. The fourth-order valence-electron chi connectivity index (χ4n) is 3.31. The van der Waals surface area contributed by atoms with E-state index in [2.05, 4.69) is 4.90 Å². The molecule has 1 aliphatic rings. The molecule has 2 aromatic rings. The number of carbonyl (C=O) groups excluding carboxylic acids is 1. The number of hydrogen-bond donors (Lipinski definition) is 0. The first kappa shape index (κ1) is 18.7. The van der Waals surface area contributed by atoms with Crippen LogP contribution in [0.1, 0.15) is 12.0 Å². The van der Waals surface area contributed by atoms with Gasteiger partial charge in [0, 0.05) is 50.4 Å². The molecular weight excluding hydrogens is 346 g/mol. The van der Waals surface area contributed by atoms with E-state index in [9.17, 15) is 14.9 Å². The van der Waals surface area contributed by atoms with Crippen molar-refractivity contribution in [2.75, 3.05) is 38.2 Å². The van der Waals surface area contributed by atoms with Crippen LogP contribution in [0.15, 0.2) is 48.5 Å². The number of nitrogens with zero attached hydrogens (tertiary/aromatic N) is 3. The van der Waals surface area contributed by atoms with Crippen molar-refractivity contribution < 1.29 is 14.5 Å². The SMILES string of the molecule is COc1ccccc1CCC(=O)N1CCN(c2ccc([N+](=O)[O-])cc2)CC1. The predicted molar refractivity (Wildman–Crippen MR) is 103 cm³/mol. The lowest BCUT2D eigenvalue weighted by Crippen LogP contribution is -2.48. The van der Waals surface area contributed by atoms with Crippen molar-refractivity contribution in [1.82, 2.24) is 4.90 Å². The standard InChI is InChI=1S/C20H23N3O4/c1-27-19-5-3-2-4-16(19)6-11-20(24)22-14-12-21(13-15-22)17-7-9-18(10-8-17)23(25)26/h2-5,7-10H,6,11-15H2,1H3. The van der Waals surface area contributed by atoms with Crippen molar-refractivity contribution in [2.24, 2.45) is 0 Å². The summed E-state index contributed by atoms with van der Waals surface area (Å²) in [6.07, 6.45) is 1.11. The fourth-order valence-corrected chi connectivity index (χ4v) is 3.31. The first-order valence-electron chi connectivity index (χ1n) is 8.97. The van der Waals surface area contributed by atoms with Crippen molar-refractivity contribution in [3.05, 3.63) is 64.2 Å². The summed E-state index contributed by atoms with van der Waals surface area (Å²) in [6, 6.07) is 14.3. The van der Waals surface area contributed by atoms with Crippen LogP contribution in [-0.2, 0) is 11.2 Å². The number of hydrogen-bond acceptors (Lipinski definition) is 5. The predicted octanol–water partition coefficient (Wildman–Crippen LogP) is 2.88. The van der Waals surface area contributed by atoms with Crippen molar-refractivity contribution in [3.63, 3.8) is 0 Å². The van der Waals surface area contributed by atoms with Crippen LogP contribution in [0.2, 0.25) is 0 Å². The lowest BCUT2D eigenvalue weighted by atomic mass is 10.1. The van der Waals surface area contributed by atoms with E-state index in [4.69, 9.17) is 4.74 Å². The minimum atomic E-state index is -0.401. The van der Waals surface area contributed by atoms with Crippen LogP contribution < -0.4 is 9.64 Å². The van der Waals surface area contributed by atoms with Gasteiger partial charge in [0.05, 0.1) is 12.0 Å². The number of rotatable bonds is 6. The third-order valence-electron chi connectivity index (χ3n) is 4.86. The van der Waals surface area contributed by atoms with Gasteiger partial charge < -0.3 is 14.5 Å². The van der Waals surface area contributed by atoms with Crippen LogP contribution in [0.3, 0.4) is 0 Å². The second-order valence-corrected chi connectivity index (χ2v) is 6.45. The van der Waals surface area contributed by atoms with Gasteiger partial charge in [-0.2, -0.15) is 0 Å². The Morgan fingerprint density at radius 2 is 1.74 bits per heavy atom. The molecule has 0 spiro atoms. The molecule has 0 unspecified atom stereocenters. The zero-order valence-electron chi connectivity index (χ0n) is 15.3. The Morgan fingerprint density at radius 3 is 2.37 bits per heavy atom. The molecule has 3 rings (SSSR count). The first-order valence-corrected chi connectivity index (χ1v) is 8.97. The number of nitro groups is 1. The molecule has 0 bridgehead atoms. The number of benzene rings is 2. The van der Waals surface area contributed by atoms with E-state index in [1.54, 1.807) is 19.2 Å². The number of anilines is 1. The Balaban J connectivity index is 1.51. The Hall–Kier alpha value is -3.09. The molecule has 2 aromatic carbocycles. The van der Waals surface area contributed by atoms with Gasteiger partial charge in [-0.25, -0.2) is 0 Å². The molecule has 1 fully saturated rings. The average Bonchev–Trinajstić information content (AvgIpc) is 2.72. The zero-order valence-corrected chi connectivity index (χ0v) is 15.3. The van der Waals surface area contributed by atoms with Crippen molar-refractivity contribution in [3.8, 4) is 5.75 Å². The van der Waals surface area contributed by atoms with E-state index in [1.807, 2.05) is 29.2 Å². The second kappa shape index (κ2) is 8.53. The molecule has 0 aromatic heterocycles. The Kier molecular flexibility index (Phi) is 5.90. The first-order chi connectivity index (χ1) is 13.1. The summed E-state index contributed by atoms with van der Waals surface area (Å²) in [5.41, 5.74) is 2.07. The van der Waals surface area contributed by atoms with Gasteiger partial charge in [0.1, 0.15) is 5.75 Å². The number of methoxy groups -OCH3 is 1. The van der Waals surface area contributed by atoms with E-state index in [0.29, 0.717) is 25.9 Å². The third kappa shape index (κ3) is 4.55. The van der Waals surface area contributed by atoms with Gasteiger partial charge in [-0.05, 0) is 30.2 Å². The molecule has 1 amide bonds. The van der Waals surface area contributed by atoms with E-state index in [0.717, 1.165) is 30.1 Å². The average molecular weight is 369 g/mol. The highest BCUT2D eigenvalue weighted by Crippen LogP contribution is 2.22. The maximum Gasteiger partial charge on any atom is 0.269 e. The number of amides is 1. The fraction of sp³-hybridized carbons (Fsp3) is 0.350. The van der Waals surface area contributed by atoms with Gasteiger partial charge in [0.25, 0.3) is 5.69 Å². The molecule has 0 saturated carbocycles. The lowest BCUT2D eigenvalue weighted by Gasteiger charge is -2.36. The van der Waals surface area contributed by atoms with Gasteiger partial charge in [-0.3, -0.25) is 14.9 Å². The van der Waals surface area contributed by atoms with Crippen LogP contribution in [0.4, 0.5) is 11.4 Å². The minimum absolute atomic E-state index is 0.0869. The number of aryl methyl sites for hydroxylation is 1. The summed E-state index contributed by atoms with van der Waals surface area (Å²) >= 11 is 0. The molecule has 1 saturated heterocycles. The van der Waals surface area contributed by atoms with Crippen molar-refractivity contribution >= 4 is 17.3 Å². The normalized spacial score (nSPS) is 14.1. The molecule has 0 radical (unpaired) electrons. The number of nitro benzene ring substituents is 1. The molecule has 0 aliphatic carbocycles. The Bertz CT molecular complexity index is 799. The molecule has 1 aliphatic heterocycles. The summed E-state index contributed by atoms with van der Waals surface area (Å²) in [4.78, 5) is 26.9. The van der Waals surface area contributed by atoms with Crippen LogP contribution in [0.25, 0.3) is 0 Å². The number of piperazine rings is 1. The van der Waals surface area contributed by atoms with Gasteiger partial charge in [0.15, 0.2) is 0 Å². The summed E-state index contributed by atoms with van der Waals surface area (Å²) < 4.78 is 5.34. The molecule has 7 nitrogen and oxygen atoms in total. The highest BCUT2D eigenvalue weighted by atomic mass is 16.6. The maximum atomic E-state index is 12.5. The lowest BCUT2D eigenvalue weighted by molar-refractivity contribution is -0.384. The van der Waals surface area contributed by atoms with Crippen molar-refractivity contribution in [2.45, 2.75) is 12.8 Å². The number of ether oxygens (including phenoxy) is 1. The molecule has 27 heavy (non-hydrogen) atoms. The highest BCUT2D eigenvalue weighted by molar-refractivity contribution is 5.77.